The number of aromatic nitrogens is 3. The van der Waals surface area contributed by atoms with Crippen LogP contribution in [0.15, 0.2) is 18.2 Å². The van der Waals surface area contributed by atoms with E-state index in [9.17, 15) is 9.18 Å². The van der Waals surface area contributed by atoms with Gasteiger partial charge in [0.2, 0.25) is 0 Å². The van der Waals surface area contributed by atoms with Crippen LogP contribution in [-0.2, 0) is 6.54 Å². The van der Waals surface area contributed by atoms with E-state index in [4.69, 9.17) is 11.6 Å². The molecule has 0 unspecified atom stereocenters. The Morgan fingerprint density at radius 2 is 2.21 bits per heavy atom. The molecule has 5 nitrogen and oxygen atoms in total. The third-order valence-corrected chi connectivity index (χ3v) is 5.25. The third-order valence-electron chi connectivity index (χ3n) is 3.61. The normalized spacial score (nSPS) is 11.2. The molecule has 0 atom stereocenters. The van der Waals surface area contributed by atoms with Crippen molar-refractivity contribution >= 4 is 38.9 Å². The maximum atomic E-state index is 13.8. The molecule has 1 amide bonds. The molecule has 3 aromatic rings. The second kappa shape index (κ2) is 6.86. The lowest BCUT2D eigenvalue weighted by Gasteiger charge is -2.05. The third kappa shape index (κ3) is 3.27. The van der Waals surface area contributed by atoms with E-state index >= 15 is 0 Å². The lowest BCUT2D eigenvalue weighted by atomic mass is 10.2. The van der Waals surface area contributed by atoms with Gasteiger partial charge in [0.15, 0.2) is 0 Å². The number of fused-ring (bicyclic) bond motifs is 1. The monoisotopic (exact) mass is 366 g/mol. The topological polar surface area (TPSA) is 59.8 Å². The highest BCUT2D eigenvalue weighted by atomic mass is 35.5. The number of nitrogens with one attached hydrogen (secondary N) is 1. The first-order chi connectivity index (χ1) is 11.5. The number of benzene rings is 1. The highest BCUT2D eigenvalue weighted by Gasteiger charge is 2.19. The molecule has 3 rings (SSSR count). The second-order valence-corrected chi connectivity index (χ2v) is 6.83. The van der Waals surface area contributed by atoms with E-state index in [0.717, 1.165) is 11.6 Å². The zero-order valence-corrected chi connectivity index (χ0v) is 14.8. The summed E-state index contributed by atoms with van der Waals surface area (Å²) in [5.74, 6) is 0.884. The predicted octanol–water partition coefficient (Wildman–Crippen LogP) is 3.72. The van der Waals surface area contributed by atoms with E-state index in [-0.39, 0.29) is 10.9 Å². The molecular formula is C16H16ClFN4OS. The van der Waals surface area contributed by atoms with Crippen LogP contribution in [0.2, 0.25) is 5.02 Å². The Balaban J connectivity index is 1.62. The zero-order chi connectivity index (χ0) is 17.3. The van der Waals surface area contributed by atoms with Crippen molar-refractivity contribution in [3.8, 4) is 0 Å². The largest absolute Gasteiger partial charge is 0.351 e. The first kappa shape index (κ1) is 16.9. The Kier molecular flexibility index (Phi) is 4.82. The van der Waals surface area contributed by atoms with E-state index < -0.39 is 5.82 Å². The molecule has 0 saturated carbocycles. The summed E-state index contributed by atoms with van der Waals surface area (Å²) in [5, 5.41) is 7.57. The number of halogens is 2. The van der Waals surface area contributed by atoms with Crippen LogP contribution in [0.5, 0.6) is 0 Å². The number of carbonyl (C=O) groups excluding carboxylic acids is 1. The lowest BCUT2D eigenvalue weighted by Crippen LogP contribution is -2.25. The highest BCUT2D eigenvalue weighted by Crippen LogP contribution is 2.36. The lowest BCUT2D eigenvalue weighted by molar-refractivity contribution is 0.0957. The van der Waals surface area contributed by atoms with Gasteiger partial charge in [-0.05, 0) is 32.4 Å². The number of hydrogen-bond acceptors (Lipinski definition) is 4. The Morgan fingerprint density at radius 3 is 2.88 bits per heavy atom. The molecule has 24 heavy (non-hydrogen) atoms. The van der Waals surface area contributed by atoms with Crippen molar-refractivity contribution in [1.82, 2.24) is 20.1 Å². The quantitative estimate of drug-likeness (QED) is 0.700. The molecule has 8 heteroatoms. The van der Waals surface area contributed by atoms with Gasteiger partial charge in [0, 0.05) is 23.2 Å². The first-order valence-corrected chi connectivity index (χ1v) is 8.69. The van der Waals surface area contributed by atoms with Gasteiger partial charge < -0.3 is 5.32 Å². The number of amides is 1. The molecule has 0 fully saturated rings. The fourth-order valence-electron chi connectivity index (χ4n) is 2.50. The number of hydrogen-bond donors (Lipinski definition) is 1. The molecule has 1 aromatic carbocycles. The summed E-state index contributed by atoms with van der Waals surface area (Å²) in [6.45, 7) is 4.88. The zero-order valence-electron chi connectivity index (χ0n) is 13.3. The van der Waals surface area contributed by atoms with Crippen LogP contribution in [0.4, 0.5) is 4.39 Å². The Hall–Kier alpha value is -1.99. The molecule has 1 N–H and O–H groups in total. The summed E-state index contributed by atoms with van der Waals surface area (Å²) in [7, 11) is 0. The van der Waals surface area contributed by atoms with Crippen LogP contribution < -0.4 is 5.32 Å². The summed E-state index contributed by atoms with van der Waals surface area (Å²) in [4.78, 5) is 16.9. The van der Waals surface area contributed by atoms with Crippen molar-refractivity contribution < 1.29 is 9.18 Å². The minimum absolute atomic E-state index is 0.174. The Bertz CT molecular complexity index is 905. The highest BCUT2D eigenvalue weighted by molar-refractivity contribution is 7.21. The Labute approximate surface area is 147 Å². The first-order valence-electron chi connectivity index (χ1n) is 7.50. The van der Waals surface area contributed by atoms with Gasteiger partial charge in [0.1, 0.15) is 22.3 Å². The van der Waals surface area contributed by atoms with Crippen LogP contribution in [0.25, 0.3) is 10.1 Å². The van der Waals surface area contributed by atoms with Crippen molar-refractivity contribution in [2.24, 2.45) is 0 Å². The molecule has 0 radical (unpaired) electrons. The molecule has 0 aliphatic carbocycles. The van der Waals surface area contributed by atoms with Gasteiger partial charge in [-0.1, -0.05) is 17.7 Å². The number of carbonyl (C=O) groups is 1. The van der Waals surface area contributed by atoms with Gasteiger partial charge in [-0.3, -0.25) is 9.48 Å². The molecule has 126 valence electrons. The van der Waals surface area contributed by atoms with E-state index in [1.807, 2.05) is 18.5 Å². The summed E-state index contributed by atoms with van der Waals surface area (Å²) in [5.41, 5.74) is 0. The predicted molar refractivity (Wildman–Crippen MR) is 93.2 cm³/mol. The van der Waals surface area contributed by atoms with Gasteiger partial charge in [0.25, 0.3) is 5.91 Å². The van der Waals surface area contributed by atoms with Crippen molar-refractivity contribution in [3.63, 3.8) is 0 Å². The van der Waals surface area contributed by atoms with Gasteiger partial charge >= 0.3 is 0 Å². The Morgan fingerprint density at radius 1 is 1.42 bits per heavy atom. The second-order valence-electron chi connectivity index (χ2n) is 5.40. The van der Waals surface area contributed by atoms with Crippen LogP contribution in [0, 0.1) is 19.7 Å². The summed E-state index contributed by atoms with van der Waals surface area (Å²) in [6, 6.07) is 4.70. The van der Waals surface area contributed by atoms with Gasteiger partial charge in [0.05, 0.1) is 5.02 Å². The van der Waals surface area contributed by atoms with Crippen molar-refractivity contribution in [2.75, 3.05) is 6.54 Å². The summed E-state index contributed by atoms with van der Waals surface area (Å²) in [6.07, 6.45) is 0.715. The maximum absolute atomic E-state index is 13.8. The number of thiophene rings is 1. The molecule has 0 saturated heterocycles. The van der Waals surface area contributed by atoms with Crippen LogP contribution in [0.3, 0.4) is 0 Å². The molecule has 0 bridgehead atoms. The smallest absolute Gasteiger partial charge is 0.262 e. The maximum Gasteiger partial charge on any atom is 0.262 e. The van der Waals surface area contributed by atoms with Crippen LogP contribution >= 0.6 is 22.9 Å². The number of nitrogens with zero attached hydrogens (tertiary/aromatic N) is 3. The summed E-state index contributed by atoms with van der Waals surface area (Å²) >= 11 is 7.37. The molecule has 0 aliphatic rings. The standard InChI is InChI=1S/C16H16ClFN4OS/c1-9-20-10(2)22(21-9)8-4-7-19-16(23)15-14(17)13-11(18)5-3-6-12(13)24-15/h3,5-6H,4,7-8H2,1-2H3,(H,19,23). The number of rotatable bonds is 5. The average molecular weight is 367 g/mol. The molecule has 0 spiro atoms. The minimum atomic E-state index is -0.412. The van der Waals surface area contributed by atoms with Crippen molar-refractivity contribution in [1.29, 1.82) is 0 Å². The van der Waals surface area contributed by atoms with Crippen molar-refractivity contribution in [2.45, 2.75) is 26.8 Å². The van der Waals surface area contributed by atoms with Gasteiger partial charge in [-0.25, -0.2) is 9.37 Å². The fraction of sp³-hybridized carbons (Fsp3) is 0.312. The van der Waals surface area contributed by atoms with E-state index in [0.29, 0.717) is 34.5 Å². The SMILES string of the molecule is Cc1nc(C)n(CCCNC(=O)c2sc3cccc(F)c3c2Cl)n1. The average Bonchev–Trinajstić information content (AvgIpc) is 3.04. The summed E-state index contributed by atoms with van der Waals surface area (Å²) < 4.78 is 16.3. The fourth-order valence-corrected chi connectivity index (χ4v) is 3.98. The molecular weight excluding hydrogens is 351 g/mol. The van der Waals surface area contributed by atoms with E-state index in [2.05, 4.69) is 15.4 Å². The minimum Gasteiger partial charge on any atom is -0.351 e. The van der Waals surface area contributed by atoms with Gasteiger partial charge in [-0.15, -0.1) is 11.3 Å². The van der Waals surface area contributed by atoms with Crippen LogP contribution in [0.1, 0.15) is 27.7 Å². The van der Waals surface area contributed by atoms with Crippen LogP contribution in [-0.4, -0.2) is 27.2 Å². The molecule has 2 aromatic heterocycles. The van der Waals surface area contributed by atoms with E-state index in [1.165, 1.54) is 17.4 Å². The molecule has 2 heterocycles. The van der Waals surface area contributed by atoms with E-state index in [1.54, 1.807) is 12.1 Å². The van der Waals surface area contributed by atoms with Crippen molar-refractivity contribution in [3.05, 3.63) is 45.6 Å². The van der Waals surface area contributed by atoms with Gasteiger partial charge in [-0.2, -0.15) is 5.10 Å². The number of aryl methyl sites for hydroxylation is 3. The molecule has 0 aliphatic heterocycles.